The molecule has 0 bridgehead atoms. The fourth-order valence-electron chi connectivity index (χ4n) is 2.20. The van der Waals surface area contributed by atoms with Gasteiger partial charge in [-0.1, -0.05) is 23.7 Å². The molecule has 98 valence electrons. The summed E-state index contributed by atoms with van der Waals surface area (Å²) in [7, 11) is 0. The molecule has 4 nitrogen and oxygen atoms in total. The molecule has 2 rings (SSSR count). The third-order valence-corrected chi connectivity index (χ3v) is 3.48. The lowest BCUT2D eigenvalue weighted by Crippen LogP contribution is -2.29. The van der Waals surface area contributed by atoms with Gasteiger partial charge >= 0.3 is 6.09 Å². The van der Waals surface area contributed by atoms with E-state index in [0.29, 0.717) is 19.0 Å². The summed E-state index contributed by atoms with van der Waals surface area (Å²) in [6.45, 7) is 2.94. The molecule has 1 amide bonds. The van der Waals surface area contributed by atoms with Crippen molar-refractivity contribution < 1.29 is 9.90 Å². The minimum absolute atomic E-state index is 0.424. The number of carbonyl (C=O) groups is 1. The van der Waals surface area contributed by atoms with Crippen LogP contribution in [0.2, 0.25) is 5.02 Å². The Balaban J connectivity index is 1.70. The van der Waals surface area contributed by atoms with Crippen LogP contribution < -0.4 is 5.32 Å². The molecule has 1 aromatic carbocycles. The van der Waals surface area contributed by atoms with Crippen molar-refractivity contribution in [3.8, 4) is 0 Å². The molecule has 1 aliphatic heterocycles. The van der Waals surface area contributed by atoms with Gasteiger partial charge in [0.25, 0.3) is 0 Å². The Hall–Kier alpha value is -1.26. The van der Waals surface area contributed by atoms with Crippen molar-refractivity contribution in [1.29, 1.82) is 0 Å². The van der Waals surface area contributed by atoms with Gasteiger partial charge in [0, 0.05) is 31.2 Å². The van der Waals surface area contributed by atoms with Crippen LogP contribution >= 0.6 is 11.6 Å². The normalized spacial score (nSPS) is 19.2. The van der Waals surface area contributed by atoms with Gasteiger partial charge in [-0.15, -0.1) is 0 Å². The molecule has 2 N–H and O–H groups in total. The lowest BCUT2D eigenvalue weighted by atomic mass is 10.1. The molecule has 5 heteroatoms. The predicted octanol–water partition coefficient (Wildman–Crippen LogP) is 2.43. The lowest BCUT2D eigenvalue weighted by Gasteiger charge is -2.13. The SMILES string of the molecule is O=C(O)N1CCC(CNCc2ccc(Cl)cc2)C1. The number of benzene rings is 1. The van der Waals surface area contributed by atoms with Crippen molar-refractivity contribution in [2.24, 2.45) is 5.92 Å². The van der Waals surface area contributed by atoms with Crippen LogP contribution in [0.15, 0.2) is 24.3 Å². The molecule has 1 aliphatic rings. The van der Waals surface area contributed by atoms with E-state index < -0.39 is 6.09 Å². The number of likely N-dealkylation sites (tertiary alicyclic amines) is 1. The highest BCUT2D eigenvalue weighted by atomic mass is 35.5. The van der Waals surface area contributed by atoms with E-state index in [2.05, 4.69) is 5.32 Å². The number of amides is 1. The molecule has 0 aromatic heterocycles. The quantitative estimate of drug-likeness (QED) is 0.882. The zero-order valence-electron chi connectivity index (χ0n) is 10.1. The van der Waals surface area contributed by atoms with Gasteiger partial charge in [0.2, 0.25) is 0 Å². The second-order valence-corrected chi connectivity index (χ2v) is 5.08. The van der Waals surface area contributed by atoms with Gasteiger partial charge in [-0.05, 0) is 30.0 Å². The van der Waals surface area contributed by atoms with Gasteiger partial charge in [-0.25, -0.2) is 4.79 Å². The summed E-state index contributed by atoms with van der Waals surface area (Å²) in [4.78, 5) is 12.2. The number of hydrogen-bond acceptors (Lipinski definition) is 2. The van der Waals surface area contributed by atoms with E-state index >= 15 is 0 Å². The van der Waals surface area contributed by atoms with Crippen molar-refractivity contribution in [2.45, 2.75) is 13.0 Å². The summed E-state index contributed by atoms with van der Waals surface area (Å²) >= 11 is 5.81. The second-order valence-electron chi connectivity index (χ2n) is 4.64. The minimum Gasteiger partial charge on any atom is -0.465 e. The minimum atomic E-state index is -0.810. The molecule has 0 saturated carbocycles. The van der Waals surface area contributed by atoms with Gasteiger partial charge in [0.15, 0.2) is 0 Å². The van der Waals surface area contributed by atoms with Crippen LogP contribution in [0.4, 0.5) is 4.79 Å². The zero-order chi connectivity index (χ0) is 13.0. The highest BCUT2D eigenvalue weighted by Gasteiger charge is 2.25. The molecule has 0 aliphatic carbocycles. The van der Waals surface area contributed by atoms with Crippen LogP contribution in [-0.2, 0) is 6.54 Å². The van der Waals surface area contributed by atoms with Crippen LogP contribution in [0.1, 0.15) is 12.0 Å². The molecule has 1 atom stereocenters. The smallest absolute Gasteiger partial charge is 0.407 e. The third kappa shape index (κ3) is 3.62. The van der Waals surface area contributed by atoms with Crippen LogP contribution in [-0.4, -0.2) is 35.7 Å². The molecule has 1 heterocycles. The van der Waals surface area contributed by atoms with Crippen molar-refractivity contribution in [3.63, 3.8) is 0 Å². The van der Waals surface area contributed by atoms with Gasteiger partial charge in [-0.3, -0.25) is 0 Å². The van der Waals surface area contributed by atoms with Gasteiger partial charge in [0.05, 0.1) is 0 Å². The fourth-order valence-corrected chi connectivity index (χ4v) is 2.32. The Bertz CT molecular complexity index is 408. The first-order valence-electron chi connectivity index (χ1n) is 6.08. The molecule has 0 radical (unpaired) electrons. The van der Waals surface area contributed by atoms with Gasteiger partial charge in [0.1, 0.15) is 0 Å². The second kappa shape index (κ2) is 6.07. The zero-order valence-corrected chi connectivity index (χ0v) is 10.9. The molecular formula is C13H17ClN2O2. The number of carboxylic acid groups (broad SMARTS) is 1. The number of hydrogen-bond donors (Lipinski definition) is 2. The molecule has 1 unspecified atom stereocenters. The highest BCUT2D eigenvalue weighted by Crippen LogP contribution is 2.15. The fraction of sp³-hybridized carbons (Fsp3) is 0.462. The Morgan fingerprint density at radius 3 is 2.78 bits per heavy atom. The Kier molecular flexibility index (Phi) is 4.44. The Morgan fingerprint density at radius 2 is 2.17 bits per heavy atom. The Morgan fingerprint density at radius 1 is 1.44 bits per heavy atom. The molecule has 1 aromatic rings. The summed E-state index contributed by atoms with van der Waals surface area (Å²) in [5.74, 6) is 0.424. The van der Waals surface area contributed by atoms with E-state index in [1.165, 1.54) is 10.5 Å². The van der Waals surface area contributed by atoms with E-state index in [0.717, 1.165) is 24.5 Å². The summed E-state index contributed by atoms with van der Waals surface area (Å²) in [6.07, 6.45) is 0.134. The summed E-state index contributed by atoms with van der Waals surface area (Å²) in [6, 6.07) is 7.74. The van der Waals surface area contributed by atoms with E-state index in [1.54, 1.807) is 0 Å². The van der Waals surface area contributed by atoms with Crippen molar-refractivity contribution >= 4 is 17.7 Å². The monoisotopic (exact) mass is 268 g/mol. The average molecular weight is 269 g/mol. The maximum atomic E-state index is 10.8. The van der Waals surface area contributed by atoms with Gasteiger partial charge < -0.3 is 15.3 Å². The molecule has 1 fully saturated rings. The van der Waals surface area contributed by atoms with Crippen LogP contribution in [0.25, 0.3) is 0 Å². The number of nitrogens with zero attached hydrogens (tertiary/aromatic N) is 1. The van der Waals surface area contributed by atoms with E-state index in [4.69, 9.17) is 16.7 Å². The van der Waals surface area contributed by atoms with Crippen LogP contribution in [0.5, 0.6) is 0 Å². The first-order valence-corrected chi connectivity index (χ1v) is 6.46. The number of rotatable bonds is 4. The molecular weight excluding hydrogens is 252 g/mol. The maximum absolute atomic E-state index is 10.8. The Labute approximate surface area is 112 Å². The first kappa shape index (κ1) is 13.2. The maximum Gasteiger partial charge on any atom is 0.407 e. The molecule has 18 heavy (non-hydrogen) atoms. The van der Waals surface area contributed by atoms with E-state index in [1.807, 2.05) is 24.3 Å². The van der Waals surface area contributed by atoms with E-state index in [-0.39, 0.29) is 0 Å². The summed E-state index contributed by atoms with van der Waals surface area (Å²) in [5, 5.41) is 13.0. The third-order valence-electron chi connectivity index (χ3n) is 3.23. The van der Waals surface area contributed by atoms with Crippen molar-refractivity contribution in [2.75, 3.05) is 19.6 Å². The summed E-state index contributed by atoms with van der Waals surface area (Å²) in [5.41, 5.74) is 1.19. The van der Waals surface area contributed by atoms with Crippen molar-refractivity contribution in [1.82, 2.24) is 10.2 Å². The van der Waals surface area contributed by atoms with Gasteiger partial charge in [-0.2, -0.15) is 0 Å². The first-order chi connectivity index (χ1) is 8.65. The predicted molar refractivity (Wildman–Crippen MR) is 70.9 cm³/mol. The summed E-state index contributed by atoms with van der Waals surface area (Å²) < 4.78 is 0. The number of nitrogens with one attached hydrogen (secondary N) is 1. The highest BCUT2D eigenvalue weighted by molar-refractivity contribution is 6.30. The molecule has 1 saturated heterocycles. The van der Waals surface area contributed by atoms with Crippen molar-refractivity contribution in [3.05, 3.63) is 34.9 Å². The topological polar surface area (TPSA) is 52.6 Å². The lowest BCUT2D eigenvalue weighted by molar-refractivity contribution is 0.154. The van der Waals surface area contributed by atoms with E-state index in [9.17, 15) is 4.79 Å². The average Bonchev–Trinajstić information content (AvgIpc) is 2.81. The molecule has 0 spiro atoms. The van der Waals surface area contributed by atoms with Crippen LogP contribution in [0.3, 0.4) is 0 Å². The van der Waals surface area contributed by atoms with Crippen LogP contribution in [0, 0.1) is 5.92 Å². The largest absolute Gasteiger partial charge is 0.465 e. The standard InChI is InChI=1S/C13H17ClN2O2/c14-12-3-1-10(2-4-12)7-15-8-11-5-6-16(9-11)13(17)18/h1-4,11,15H,5-9H2,(H,17,18). The number of halogens is 1.